The Morgan fingerprint density at radius 2 is 1.87 bits per heavy atom. The average molecular weight is 438 g/mol. The highest BCUT2D eigenvalue weighted by atomic mass is 16.6. The van der Waals surface area contributed by atoms with E-state index in [0.717, 1.165) is 32.4 Å². The molecule has 0 bridgehead atoms. The fourth-order valence-electron chi connectivity index (χ4n) is 4.39. The molecule has 10 heteroatoms. The molecule has 2 atom stereocenters. The van der Waals surface area contributed by atoms with Crippen LogP contribution in [0.4, 0.5) is 9.59 Å². The zero-order valence-electron chi connectivity index (χ0n) is 18.8. The maximum Gasteiger partial charge on any atom is 0.410 e. The molecule has 2 N–H and O–H groups in total. The Hall–Kier alpha value is -2.36. The van der Waals surface area contributed by atoms with Gasteiger partial charge in [0.2, 0.25) is 11.8 Å². The van der Waals surface area contributed by atoms with Crippen molar-refractivity contribution in [2.45, 2.75) is 58.1 Å². The molecule has 10 nitrogen and oxygen atoms in total. The number of nitrogens with one attached hydrogen (secondary N) is 2. The zero-order chi connectivity index (χ0) is 22.6. The first-order chi connectivity index (χ1) is 14.6. The summed E-state index contributed by atoms with van der Waals surface area (Å²) in [7, 11) is 0. The second-order valence-electron chi connectivity index (χ2n) is 9.59. The number of hydrogen-bond donors (Lipinski definition) is 2. The summed E-state index contributed by atoms with van der Waals surface area (Å²) in [5.41, 5.74) is -0.591. The van der Waals surface area contributed by atoms with E-state index in [2.05, 4.69) is 15.5 Å². The SMILES string of the molecule is CC(C)(C)OC(=O)N1CCCC1C(=O)NCC1CCCN(CCN2C(=O)CNC2=O)C1. The van der Waals surface area contributed by atoms with E-state index in [0.29, 0.717) is 38.5 Å². The Kier molecular flexibility index (Phi) is 7.40. The Morgan fingerprint density at radius 1 is 1.13 bits per heavy atom. The molecule has 3 saturated heterocycles. The van der Waals surface area contributed by atoms with Gasteiger partial charge in [-0.1, -0.05) is 0 Å². The third kappa shape index (κ3) is 6.32. The number of likely N-dealkylation sites (tertiary alicyclic amines) is 2. The predicted octanol–water partition coefficient (Wildman–Crippen LogP) is 0.766. The molecule has 0 spiro atoms. The number of carbonyl (C=O) groups is 4. The summed E-state index contributed by atoms with van der Waals surface area (Å²) in [6.45, 7) is 9.37. The van der Waals surface area contributed by atoms with Gasteiger partial charge in [0.25, 0.3) is 0 Å². The molecule has 174 valence electrons. The van der Waals surface area contributed by atoms with Gasteiger partial charge >= 0.3 is 12.1 Å². The van der Waals surface area contributed by atoms with Gasteiger partial charge in [0.1, 0.15) is 11.6 Å². The summed E-state index contributed by atoms with van der Waals surface area (Å²) >= 11 is 0. The van der Waals surface area contributed by atoms with Gasteiger partial charge in [0, 0.05) is 32.7 Å². The Balaban J connectivity index is 1.43. The van der Waals surface area contributed by atoms with Gasteiger partial charge in [-0.15, -0.1) is 0 Å². The average Bonchev–Trinajstić information content (AvgIpc) is 3.31. The van der Waals surface area contributed by atoms with E-state index in [1.54, 1.807) is 0 Å². The van der Waals surface area contributed by atoms with Crippen molar-refractivity contribution in [3.05, 3.63) is 0 Å². The molecule has 3 aliphatic heterocycles. The highest BCUT2D eigenvalue weighted by Gasteiger charge is 2.37. The van der Waals surface area contributed by atoms with E-state index < -0.39 is 17.7 Å². The van der Waals surface area contributed by atoms with Gasteiger partial charge in [-0.3, -0.25) is 19.4 Å². The molecular weight excluding hydrogens is 402 g/mol. The normalized spacial score (nSPS) is 25.0. The maximum atomic E-state index is 12.8. The number of hydrogen-bond acceptors (Lipinski definition) is 6. The Morgan fingerprint density at radius 3 is 2.55 bits per heavy atom. The van der Waals surface area contributed by atoms with Crippen LogP contribution < -0.4 is 10.6 Å². The minimum absolute atomic E-state index is 0.0783. The highest BCUT2D eigenvalue weighted by molar-refractivity contribution is 6.01. The number of imide groups is 1. The van der Waals surface area contributed by atoms with E-state index in [9.17, 15) is 19.2 Å². The second kappa shape index (κ2) is 9.84. The molecule has 3 aliphatic rings. The van der Waals surface area contributed by atoms with Crippen LogP contribution in [0.15, 0.2) is 0 Å². The lowest BCUT2D eigenvalue weighted by Gasteiger charge is -2.34. The number of rotatable bonds is 6. The summed E-state index contributed by atoms with van der Waals surface area (Å²) in [6, 6.07) is -0.800. The number of carbonyl (C=O) groups excluding carboxylic acids is 4. The molecule has 0 aromatic heterocycles. The number of piperidine rings is 1. The van der Waals surface area contributed by atoms with Gasteiger partial charge in [-0.05, 0) is 58.9 Å². The van der Waals surface area contributed by atoms with Gasteiger partial charge in [0.15, 0.2) is 0 Å². The number of nitrogens with zero attached hydrogens (tertiary/aromatic N) is 3. The van der Waals surface area contributed by atoms with Gasteiger partial charge in [0.05, 0.1) is 6.54 Å². The lowest BCUT2D eigenvalue weighted by Crippen LogP contribution is -2.50. The summed E-state index contributed by atoms with van der Waals surface area (Å²) in [5.74, 6) is -0.00562. The van der Waals surface area contributed by atoms with Gasteiger partial charge in [-0.2, -0.15) is 0 Å². The largest absolute Gasteiger partial charge is 0.444 e. The van der Waals surface area contributed by atoms with Crippen LogP contribution in [0.25, 0.3) is 0 Å². The molecule has 3 heterocycles. The van der Waals surface area contributed by atoms with Crippen molar-refractivity contribution in [3.63, 3.8) is 0 Å². The number of ether oxygens (including phenoxy) is 1. The van der Waals surface area contributed by atoms with Crippen LogP contribution in [0.2, 0.25) is 0 Å². The molecule has 31 heavy (non-hydrogen) atoms. The standard InChI is InChI=1S/C21H35N5O5/c1-21(2,3)31-20(30)25-9-5-7-16(25)18(28)22-12-15-6-4-8-24(14-15)10-11-26-17(27)13-23-19(26)29/h15-16H,4-14H2,1-3H3,(H,22,28)(H,23,29). The van der Waals surface area contributed by atoms with E-state index in [1.807, 2.05) is 20.8 Å². The van der Waals surface area contributed by atoms with Gasteiger partial charge in [-0.25, -0.2) is 9.59 Å². The van der Waals surface area contributed by atoms with E-state index in [-0.39, 0.29) is 24.4 Å². The molecule has 3 rings (SSSR count). The molecular formula is C21H35N5O5. The first-order valence-corrected chi connectivity index (χ1v) is 11.2. The first-order valence-electron chi connectivity index (χ1n) is 11.2. The summed E-state index contributed by atoms with van der Waals surface area (Å²) in [4.78, 5) is 53.6. The second-order valence-corrected chi connectivity index (χ2v) is 9.59. The lowest BCUT2D eigenvalue weighted by atomic mass is 9.98. The van der Waals surface area contributed by atoms with Gasteiger partial charge < -0.3 is 20.3 Å². The minimum atomic E-state index is -0.591. The summed E-state index contributed by atoms with van der Waals surface area (Å²) < 4.78 is 5.44. The molecule has 2 unspecified atom stereocenters. The van der Waals surface area contributed by atoms with E-state index in [4.69, 9.17) is 4.74 Å². The van der Waals surface area contributed by atoms with Crippen LogP contribution >= 0.6 is 0 Å². The van der Waals surface area contributed by atoms with Crippen molar-refractivity contribution in [3.8, 4) is 0 Å². The van der Waals surface area contributed by atoms with Crippen molar-refractivity contribution < 1.29 is 23.9 Å². The van der Waals surface area contributed by atoms with Crippen molar-refractivity contribution in [1.29, 1.82) is 0 Å². The first kappa shape index (κ1) is 23.3. The molecule has 3 fully saturated rings. The third-order valence-electron chi connectivity index (χ3n) is 5.93. The molecule has 0 aliphatic carbocycles. The summed E-state index contributed by atoms with van der Waals surface area (Å²) in [6.07, 6.45) is 3.02. The van der Waals surface area contributed by atoms with E-state index >= 15 is 0 Å². The smallest absolute Gasteiger partial charge is 0.410 e. The topological polar surface area (TPSA) is 111 Å². The van der Waals surface area contributed by atoms with Crippen LogP contribution in [0, 0.1) is 5.92 Å². The Bertz CT molecular complexity index is 691. The third-order valence-corrected chi connectivity index (χ3v) is 5.93. The molecule has 5 amide bonds. The zero-order valence-corrected chi connectivity index (χ0v) is 18.8. The van der Waals surface area contributed by atoms with E-state index in [1.165, 1.54) is 9.80 Å². The molecule has 0 aromatic carbocycles. The van der Waals surface area contributed by atoms with Crippen LogP contribution in [0.5, 0.6) is 0 Å². The predicted molar refractivity (Wildman–Crippen MR) is 113 cm³/mol. The molecule has 0 radical (unpaired) electrons. The monoisotopic (exact) mass is 437 g/mol. The van der Waals surface area contributed by atoms with Crippen LogP contribution in [-0.2, 0) is 14.3 Å². The van der Waals surface area contributed by atoms with Crippen LogP contribution in [-0.4, -0.2) is 96.1 Å². The van der Waals surface area contributed by atoms with Crippen LogP contribution in [0.3, 0.4) is 0 Å². The van der Waals surface area contributed by atoms with Crippen molar-refractivity contribution in [2.24, 2.45) is 5.92 Å². The van der Waals surface area contributed by atoms with Crippen molar-refractivity contribution >= 4 is 23.9 Å². The fraction of sp³-hybridized carbons (Fsp3) is 0.810. The summed E-state index contributed by atoms with van der Waals surface area (Å²) in [5, 5.41) is 5.56. The number of amides is 5. The maximum absolute atomic E-state index is 12.8. The minimum Gasteiger partial charge on any atom is -0.444 e. The van der Waals surface area contributed by atoms with Crippen LogP contribution in [0.1, 0.15) is 46.5 Å². The quantitative estimate of drug-likeness (QED) is 0.594. The highest BCUT2D eigenvalue weighted by Crippen LogP contribution is 2.22. The number of urea groups is 1. The lowest BCUT2D eigenvalue weighted by molar-refractivity contribution is -0.126. The molecule has 0 saturated carbocycles. The molecule has 0 aromatic rings. The Labute approximate surface area is 183 Å². The van der Waals surface area contributed by atoms with Crippen molar-refractivity contribution in [1.82, 2.24) is 25.3 Å². The fourth-order valence-corrected chi connectivity index (χ4v) is 4.39. The van der Waals surface area contributed by atoms with Crippen molar-refractivity contribution in [2.75, 3.05) is 45.8 Å².